The number of carbonyl (C=O) groups is 3. The molecule has 6 nitrogen and oxygen atoms in total. The van der Waals surface area contributed by atoms with Crippen LogP contribution >= 0.6 is 23.4 Å². The van der Waals surface area contributed by atoms with Crippen molar-refractivity contribution in [2.75, 3.05) is 11.9 Å². The number of carbonyl (C=O) groups excluding carboxylic acids is 3. The van der Waals surface area contributed by atoms with E-state index < -0.39 is 17.1 Å². The molecule has 3 amide bonds. The molecule has 8 heteroatoms. The Hall–Kier alpha value is -2.77. The first-order valence-corrected chi connectivity index (χ1v) is 8.71. The lowest BCUT2D eigenvalue weighted by atomic mass is 10.2. The molecule has 26 heavy (non-hydrogen) atoms. The van der Waals surface area contributed by atoms with Gasteiger partial charge in [0.25, 0.3) is 11.1 Å². The van der Waals surface area contributed by atoms with E-state index in [0.717, 1.165) is 16.7 Å². The van der Waals surface area contributed by atoms with E-state index in [4.69, 9.17) is 11.6 Å². The highest BCUT2D eigenvalue weighted by Gasteiger charge is 2.36. The van der Waals surface area contributed by atoms with Gasteiger partial charge in [-0.1, -0.05) is 23.7 Å². The Morgan fingerprint density at radius 2 is 1.92 bits per heavy atom. The van der Waals surface area contributed by atoms with E-state index in [-0.39, 0.29) is 17.2 Å². The molecule has 0 aliphatic carbocycles. The molecule has 0 atom stereocenters. The molecule has 2 N–H and O–H groups in total. The van der Waals surface area contributed by atoms with Crippen LogP contribution in [0.1, 0.15) is 5.56 Å². The first kappa shape index (κ1) is 18.0. The van der Waals surface area contributed by atoms with Gasteiger partial charge in [-0.15, -0.1) is 0 Å². The summed E-state index contributed by atoms with van der Waals surface area (Å²) in [6.07, 6.45) is 1.50. The minimum Gasteiger partial charge on any atom is -0.508 e. The van der Waals surface area contributed by atoms with Crippen LogP contribution in [0, 0.1) is 0 Å². The number of hydrogen-bond acceptors (Lipinski definition) is 5. The maximum atomic E-state index is 12.4. The standard InChI is InChI=1S/C18H13ClN2O4S/c19-12-4-6-13(7-5-12)20-16(23)10-21-17(24)15(26-18(21)25)9-11-2-1-3-14(22)8-11/h1-9,22H,10H2,(H,20,23)/b15-9+. The second-order valence-electron chi connectivity index (χ2n) is 5.42. The van der Waals surface area contributed by atoms with Gasteiger partial charge in [0, 0.05) is 10.7 Å². The zero-order valence-corrected chi connectivity index (χ0v) is 14.9. The monoisotopic (exact) mass is 388 g/mol. The van der Waals surface area contributed by atoms with Crippen LogP contribution in [-0.4, -0.2) is 33.6 Å². The molecule has 3 rings (SSSR count). The van der Waals surface area contributed by atoms with Gasteiger partial charge >= 0.3 is 0 Å². The molecule has 1 fully saturated rings. The summed E-state index contributed by atoms with van der Waals surface area (Å²) in [6.45, 7) is -0.384. The summed E-state index contributed by atoms with van der Waals surface area (Å²) in [5.74, 6) is -0.983. The largest absolute Gasteiger partial charge is 0.508 e. The molecular weight excluding hydrogens is 376 g/mol. The Balaban J connectivity index is 1.69. The van der Waals surface area contributed by atoms with E-state index in [1.165, 1.54) is 18.2 Å². The second-order valence-corrected chi connectivity index (χ2v) is 6.85. The Bertz CT molecular complexity index is 912. The number of thioether (sulfide) groups is 1. The molecule has 1 saturated heterocycles. The Morgan fingerprint density at radius 1 is 1.19 bits per heavy atom. The van der Waals surface area contributed by atoms with Crippen LogP contribution in [-0.2, 0) is 9.59 Å². The number of nitrogens with one attached hydrogen (secondary N) is 1. The van der Waals surface area contributed by atoms with Crippen LogP contribution in [0.2, 0.25) is 5.02 Å². The summed E-state index contributed by atoms with van der Waals surface area (Å²) in [5.41, 5.74) is 1.10. The fraction of sp³-hybridized carbons (Fsp3) is 0.0556. The highest BCUT2D eigenvalue weighted by Crippen LogP contribution is 2.32. The van der Waals surface area contributed by atoms with Gasteiger partial charge < -0.3 is 10.4 Å². The molecule has 0 spiro atoms. The average Bonchev–Trinajstić information content (AvgIpc) is 2.84. The predicted molar refractivity (Wildman–Crippen MR) is 101 cm³/mol. The number of hydrogen-bond donors (Lipinski definition) is 2. The van der Waals surface area contributed by atoms with Crippen molar-refractivity contribution in [3.63, 3.8) is 0 Å². The van der Waals surface area contributed by atoms with E-state index in [2.05, 4.69) is 5.32 Å². The third-order valence-electron chi connectivity index (χ3n) is 3.47. The van der Waals surface area contributed by atoms with Gasteiger partial charge in [0.1, 0.15) is 12.3 Å². The van der Waals surface area contributed by atoms with E-state index in [1.807, 2.05) is 0 Å². The van der Waals surface area contributed by atoms with E-state index >= 15 is 0 Å². The van der Waals surface area contributed by atoms with Crippen molar-refractivity contribution < 1.29 is 19.5 Å². The summed E-state index contributed by atoms with van der Waals surface area (Å²) in [4.78, 5) is 37.6. The average molecular weight is 389 g/mol. The molecule has 0 radical (unpaired) electrons. The van der Waals surface area contributed by atoms with Gasteiger partial charge in [0.05, 0.1) is 4.91 Å². The first-order valence-electron chi connectivity index (χ1n) is 7.52. The van der Waals surface area contributed by atoms with Crippen molar-refractivity contribution in [2.45, 2.75) is 0 Å². The van der Waals surface area contributed by atoms with Gasteiger partial charge in [-0.3, -0.25) is 19.3 Å². The summed E-state index contributed by atoms with van der Waals surface area (Å²) >= 11 is 6.53. The lowest BCUT2D eigenvalue weighted by molar-refractivity contribution is -0.127. The van der Waals surface area contributed by atoms with E-state index in [1.54, 1.807) is 36.4 Å². The van der Waals surface area contributed by atoms with Gasteiger partial charge in [-0.05, 0) is 59.8 Å². The van der Waals surface area contributed by atoms with Crippen molar-refractivity contribution >= 4 is 52.2 Å². The van der Waals surface area contributed by atoms with Crippen LogP contribution in [0.25, 0.3) is 6.08 Å². The number of rotatable bonds is 4. The van der Waals surface area contributed by atoms with Crippen LogP contribution in [0.4, 0.5) is 10.5 Å². The van der Waals surface area contributed by atoms with Gasteiger partial charge in [0.2, 0.25) is 5.91 Å². The molecule has 0 aromatic heterocycles. The van der Waals surface area contributed by atoms with E-state index in [0.29, 0.717) is 16.3 Å². The van der Waals surface area contributed by atoms with Crippen LogP contribution in [0.3, 0.4) is 0 Å². The Kier molecular flexibility index (Phi) is 5.29. The lowest BCUT2D eigenvalue weighted by Crippen LogP contribution is -2.36. The quantitative estimate of drug-likeness (QED) is 0.779. The number of amides is 3. The van der Waals surface area contributed by atoms with Crippen molar-refractivity contribution in [1.82, 2.24) is 4.90 Å². The molecular formula is C18H13ClN2O4S. The number of phenols is 1. The number of phenolic OH excluding ortho intramolecular Hbond substituents is 1. The van der Waals surface area contributed by atoms with Gasteiger partial charge in [-0.2, -0.15) is 0 Å². The number of aromatic hydroxyl groups is 1. The summed E-state index contributed by atoms with van der Waals surface area (Å²) in [6, 6.07) is 12.8. The van der Waals surface area contributed by atoms with Gasteiger partial charge in [0.15, 0.2) is 0 Å². The second kappa shape index (κ2) is 7.63. The summed E-state index contributed by atoms with van der Waals surface area (Å²) in [7, 11) is 0. The minimum absolute atomic E-state index is 0.0559. The SMILES string of the molecule is O=C(CN1C(=O)S/C(=C/c2cccc(O)c2)C1=O)Nc1ccc(Cl)cc1. The van der Waals surface area contributed by atoms with Crippen LogP contribution in [0.15, 0.2) is 53.4 Å². The van der Waals surface area contributed by atoms with Crippen molar-refractivity contribution in [1.29, 1.82) is 0 Å². The molecule has 132 valence electrons. The van der Waals surface area contributed by atoms with Gasteiger partial charge in [-0.25, -0.2) is 0 Å². The van der Waals surface area contributed by atoms with Crippen molar-refractivity contribution in [2.24, 2.45) is 0 Å². The highest BCUT2D eigenvalue weighted by molar-refractivity contribution is 8.18. The zero-order chi connectivity index (χ0) is 18.7. The van der Waals surface area contributed by atoms with Crippen molar-refractivity contribution in [3.8, 4) is 5.75 Å². The van der Waals surface area contributed by atoms with E-state index in [9.17, 15) is 19.5 Å². The molecule has 0 bridgehead atoms. The summed E-state index contributed by atoms with van der Waals surface area (Å²) in [5, 5.41) is 12.1. The molecule has 1 aliphatic rings. The molecule has 1 heterocycles. The van der Waals surface area contributed by atoms with Crippen LogP contribution in [0.5, 0.6) is 5.75 Å². The third kappa shape index (κ3) is 4.25. The fourth-order valence-electron chi connectivity index (χ4n) is 2.28. The number of benzene rings is 2. The molecule has 2 aromatic rings. The summed E-state index contributed by atoms with van der Waals surface area (Å²) < 4.78 is 0. The maximum Gasteiger partial charge on any atom is 0.294 e. The lowest BCUT2D eigenvalue weighted by Gasteiger charge is -2.12. The maximum absolute atomic E-state index is 12.4. The normalized spacial score (nSPS) is 15.6. The van der Waals surface area contributed by atoms with Crippen molar-refractivity contribution in [3.05, 3.63) is 64.0 Å². The smallest absolute Gasteiger partial charge is 0.294 e. The number of halogens is 1. The Labute approximate surface area is 158 Å². The predicted octanol–water partition coefficient (Wildman–Crippen LogP) is 3.72. The fourth-order valence-corrected chi connectivity index (χ4v) is 3.24. The molecule has 2 aromatic carbocycles. The Morgan fingerprint density at radius 3 is 2.62 bits per heavy atom. The zero-order valence-electron chi connectivity index (χ0n) is 13.3. The molecule has 1 aliphatic heterocycles. The molecule has 0 saturated carbocycles. The number of anilines is 1. The third-order valence-corrected chi connectivity index (χ3v) is 4.63. The minimum atomic E-state index is -0.547. The highest BCUT2D eigenvalue weighted by atomic mass is 35.5. The topological polar surface area (TPSA) is 86.7 Å². The first-order chi connectivity index (χ1) is 12.4. The van der Waals surface area contributed by atoms with Crippen LogP contribution < -0.4 is 5.32 Å². The molecule has 0 unspecified atom stereocenters. The number of imide groups is 1. The number of nitrogens with zero attached hydrogens (tertiary/aromatic N) is 1.